The molecule has 0 amide bonds. The van der Waals surface area contributed by atoms with E-state index < -0.39 is 18.7 Å². The molecule has 70 valence electrons. The Kier molecular flexibility index (Phi) is 3.59. The lowest BCUT2D eigenvalue weighted by Crippen LogP contribution is -2.27. The summed E-state index contributed by atoms with van der Waals surface area (Å²) < 4.78 is 34.8. The molecular formula is C6H8F3NO2. The third kappa shape index (κ3) is 6.91. The first-order valence-electron chi connectivity index (χ1n) is 2.99. The molecule has 0 bridgehead atoms. The van der Waals surface area contributed by atoms with Crippen molar-refractivity contribution >= 4 is 5.97 Å². The molecule has 0 rings (SSSR count). The number of carboxylic acids is 1. The molecular weight excluding hydrogens is 175 g/mol. The topological polar surface area (TPSA) is 40.5 Å². The van der Waals surface area contributed by atoms with Crippen LogP contribution in [0.3, 0.4) is 0 Å². The van der Waals surface area contributed by atoms with E-state index in [1.165, 1.54) is 0 Å². The Morgan fingerprint density at radius 2 is 2.08 bits per heavy atom. The molecule has 6 heteroatoms. The molecule has 0 aromatic carbocycles. The van der Waals surface area contributed by atoms with E-state index in [-0.39, 0.29) is 0 Å². The maximum Gasteiger partial charge on any atom is 0.405 e. The van der Waals surface area contributed by atoms with Gasteiger partial charge in [-0.05, 0) is 0 Å². The van der Waals surface area contributed by atoms with Crippen molar-refractivity contribution in [3.8, 4) is 0 Å². The van der Waals surface area contributed by atoms with Gasteiger partial charge < -0.3 is 10.0 Å². The summed E-state index contributed by atoms with van der Waals surface area (Å²) in [7, 11) is 1.15. The fourth-order valence-electron chi connectivity index (χ4n) is 0.527. The molecule has 0 aromatic rings. The fourth-order valence-corrected chi connectivity index (χ4v) is 0.527. The van der Waals surface area contributed by atoms with Gasteiger partial charge in [0.05, 0.1) is 0 Å². The number of hydrogen-bond acceptors (Lipinski definition) is 2. The van der Waals surface area contributed by atoms with E-state index in [1.807, 2.05) is 0 Å². The largest absolute Gasteiger partial charge is 0.478 e. The minimum Gasteiger partial charge on any atom is -0.478 e. The van der Waals surface area contributed by atoms with E-state index in [2.05, 4.69) is 0 Å². The van der Waals surface area contributed by atoms with Crippen LogP contribution in [0.2, 0.25) is 0 Å². The summed E-state index contributed by atoms with van der Waals surface area (Å²) in [5, 5.41) is 8.07. The van der Waals surface area contributed by atoms with Crippen molar-refractivity contribution in [1.82, 2.24) is 4.90 Å². The second kappa shape index (κ2) is 3.99. The van der Waals surface area contributed by atoms with Crippen LogP contribution >= 0.6 is 0 Å². The van der Waals surface area contributed by atoms with Crippen molar-refractivity contribution in [2.75, 3.05) is 13.6 Å². The summed E-state index contributed by atoms with van der Waals surface area (Å²) in [4.78, 5) is 10.6. The standard InChI is InChI=1S/C6H8F3NO2/c1-10(3-2-5(11)12)4-6(7,8)9/h2-3H,4H2,1H3,(H,11,12). The van der Waals surface area contributed by atoms with E-state index in [4.69, 9.17) is 5.11 Å². The van der Waals surface area contributed by atoms with Gasteiger partial charge in [0.2, 0.25) is 0 Å². The zero-order chi connectivity index (χ0) is 9.78. The van der Waals surface area contributed by atoms with Crippen LogP contribution in [0, 0.1) is 0 Å². The van der Waals surface area contributed by atoms with Crippen LogP contribution in [0.4, 0.5) is 13.2 Å². The molecule has 0 aliphatic heterocycles. The molecule has 0 fully saturated rings. The van der Waals surface area contributed by atoms with E-state index >= 15 is 0 Å². The minimum absolute atomic E-state index is 0.645. The number of hydrogen-bond donors (Lipinski definition) is 1. The number of alkyl halides is 3. The van der Waals surface area contributed by atoms with Crippen LogP contribution in [0.5, 0.6) is 0 Å². The summed E-state index contributed by atoms with van der Waals surface area (Å²) in [5.74, 6) is -1.27. The van der Waals surface area contributed by atoms with Gasteiger partial charge in [-0.2, -0.15) is 13.2 Å². The first-order valence-corrected chi connectivity index (χ1v) is 2.99. The molecule has 0 saturated heterocycles. The zero-order valence-corrected chi connectivity index (χ0v) is 6.30. The first kappa shape index (κ1) is 10.8. The molecule has 0 atom stereocenters. The van der Waals surface area contributed by atoms with Gasteiger partial charge in [-0.1, -0.05) is 0 Å². The van der Waals surface area contributed by atoms with Crippen molar-refractivity contribution in [1.29, 1.82) is 0 Å². The van der Waals surface area contributed by atoms with Gasteiger partial charge in [0, 0.05) is 19.3 Å². The summed E-state index contributed by atoms with van der Waals surface area (Å²) in [6.45, 7) is -1.16. The van der Waals surface area contributed by atoms with Crippen molar-refractivity contribution < 1.29 is 23.1 Å². The number of rotatable bonds is 3. The quantitative estimate of drug-likeness (QED) is 0.665. The van der Waals surface area contributed by atoms with Gasteiger partial charge >= 0.3 is 12.1 Å². The van der Waals surface area contributed by atoms with Crippen LogP contribution in [0.15, 0.2) is 12.3 Å². The SMILES string of the molecule is CN(C=CC(=O)O)CC(F)(F)F. The highest BCUT2D eigenvalue weighted by Gasteiger charge is 2.28. The summed E-state index contributed by atoms with van der Waals surface area (Å²) in [6.07, 6.45) is -2.81. The Hall–Kier alpha value is -1.20. The van der Waals surface area contributed by atoms with Gasteiger partial charge in [0.15, 0.2) is 0 Å². The number of nitrogens with zero attached hydrogens (tertiary/aromatic N) is 1. The lowest BCUT2D eigenvalue weighted by Gasteiger charge is -2.15. The predicted molar refractivity (Wildman–Crippen MR) is 35.5 cm³/mol. The summed E-state index contributed by atoms with van der Waals surface area (Å²) in [6, 6.07) is 0. The van der Waals surface area contributed by atoms with Crippen molar-refractivity contribution in [3.05, 3.63) is 12.3 Å². The fraction of sp³-hybridized carbons (Fsp3) is 0.500. The van der Waals surface area contributed by atoms with Crippen LogP contribution in [0.1, 0.15) is 0 Å². The smallest absolute Gasteiger partial charge is 0.405 e. The van der Waals surface area contributed by atoms with Gasteiger partial charge in [0.25, 0.3) is 0 Å². The van der Waals surface area contributed by atoms with Gasteiger partial charge in [-0.3, -0.25) is 0 Å². The Balaban J connectivity index is 3.90. The monoisotopic (exact) mass is 183 g/mol. The molecule has 3 nitrogen and oxygen atoms in total. The Morgan fingerprint density at radius 1 is 1.58 bits per heavy atom. The molecule has 0 radical (unpaired) electrons. The van der Waals surface area contributed by atoms with Gasteiger partial charge in [0.1, 0.15) is 6.54 Å². The number of halogens is 3. The molecule has 0 heterocycles. The maximum absolute atomic E-state index is 11.6. The lowest BCUT2D eigenvalue weighted by atomic mass is 10.5. The molecule has 0 aromatic heterocycles. The number of aliphatic carboxylic acids is 1. The highest BCUT2D eigenvalue weighted by molar-refractivity contribution is 5.79. The second-order valence-electron chi connectivity index (χ2n) is 2.18. The Bertz CT molecular complexity index is 188. The van der Waals surface area contributed by atoms with Crippen molar-refractivity contribution in [2.24, 2.45) is 0 Å². The van der Waals surface area contributed by atoms with E-state index in [9.17, 15) is 18.0 Å². The van der Waals surface area contributed by atoms with E-state index in [0.717, 1.165) is 18.1 Å². The molecule has 0 unspecified atom stereocenters. The van der Waals surface area contributed by atoms with Crippen LogP contribution < -0.4 is 0 Å². The van der Waals surface area contributed by atoms with Gasteiger partial charge in [-0.25, -0.2) is 4.79 Å². The highest BCUT2D eigenvalue weighted by Crippen LogP contribution is 2.15. The van der Waals surface area contributed by atoms with Crippen LogP contribution in [0.25, 0.3) is 0 Å². The highest BCUT2D eigenvalue weighted by atomic mass is 19.4. The number of carboxylic acid groups (broad SMARTS) is 1. The Labute approximate surface area is 67.1 Å². The zero-order valence-electron chi connectivity index (χ0n) is 6.30. The Morgan fingerprint density at radius 3 is 2.42 bits per heavy atom. The number of carbonyl (C=O) groups is 1. The molecule has 0 aliphatic carbocycles. The molecule has 1 N–H and O–H groups in total. The predicted octanol–water partition coefficient (Wildman–Crippen LogP) is 1.08. The van der Waals surface area contributed by atoms with E-state index in [1.54, 1.807) is 0 Å². The normalized spacial score (nSPS) is 12.0. The molecule has 0 saturated carbocycles. The van der Waals surface area contributed by atoms with E-state index in [0.29, 0.717) is 6.08 Å². The first-order chi connectivity index (χ1) is 5.31. The molecule has 0 spiro atoms. The summed E-state index contributed by atoms with van der Waals surface area (Å²) in [5.41, 5.74) is 0. The van der Waals surface area contributed by atoms with Crippen molar-refractivity contribution in [2.45, 2.75) is 6.18 Å². The third-order valence-corrected chi connectivity index (χ3v) is 0.900. The summed E-state index contributed by atoms with van der Waals surface area (Å²) >= 11 is 0. The molecule has 0 aliphatic rings. The lowest BCUT2D eigenvalue weighted by molar-refractivity contribution is -0.139. The van der Waals surface area contributed by atoms with Crippen LogP contribution in [-0.2, 0) is 4.79 Å². The molecule has 12 heavy (non-hydrogen) atoms. The average Bonchev–Trinajstić information content (AvgIpc) is 1.79. The van der Waals surface area contributed by atoms with Gasteiger partial charge in [-0.15, -0.1) is 0 Å². The second-order valence-corrected chi connectivity index (χ2v) is 2.18. The maximum atomic E-state index is 11.6. The average molecular weight is 183 g/mol. The van der Waals surface area contributed by atoms with Crippen LogP contribution in [-0.4, -0.2) is 35.7 Å². The minimum atomic E-state index is -4.31. The third-order valence-electron chi connectivity index (χ3n) is 0.900. The van der Waals surface area contributed by atoms with Crippen molar-refractivity contribution in [3.63, 3.8) is 0 Å².